The molecule has 1 aromatic carbocycles. The van der Waals surface area contributed by atoms with Crippen LogP contribution in [0.15, 0.2) is 35.3 Å². The minimum atomic E-state index is -2.70. The van der Waals surface area contributed by atoms with E-state index in [-0.39, 0.29) is 34.6 Å². The Labute approximate surface area is 193 Å². The van der Waals surface area contributed by atoms with E-state index in [0.29, 0.717) is 29.4 Å². The number of pyridine rings is 1. The summed E-state index contributed by atoms with van der Waals surface area (Å²) >= 11 is 0. The van der Waals surface area contributed by atoms with Gasteiger partial charge in [-0.25, -0.2) is 19.0 Å². The number of hydrogen-bond acceptors (Lipinski definition) is 7. The van der Waals surface area contributed by atoms with Crippen LogP contribution in [0.4, 0.5) is 22.9 Å². The second kappa shape index (κ2) is 7.76. The van der Waals surface area contributed by atoms with Gasteiger partial charge in [-0.3, -0.25) is 9.59 Å². The van der Waals surface area contributed by atoms with Crippen LogP contribution in [0.5, 0.6) is 0 Å². The van der Waals surface area contributed by atoms with E-state index in [9.17, 15) is 14.4 Å². The van der Waals surface area contributed by atoms with Crippen molar-refractivity contribution in [2.24, 2.45) is 13.0 Å². The van der Waals surface area contributed by atoms with Gasteiger partial charge in [-0.05, 0) is 25.0 Å². The molecule has 1 fully saturated rings. The zero-order chi connectivity index (χ0) is 25.8. The normalized spacial score (nSPS) is 16.1. The zero-order valence-electron chi connectivity index (χ0n) is 21.0. The number of nitrogens with zero attached hydrogens (tertiary/aromatic N) is 5. The van der Waals surface area contributed by atoms with Gasteiger partial charge < -0.3 is 20.9 Å². The molecule has 2 aliphatic rings. The molecule has 11 heteroatoms. The van der Waals surface area contributed by atoms with E-state index in [1.54, 1.807) is 25.2 Å². The number of para-hydroxylation sites is 1. The first-order valence-corrected chi connectivity index (χ1v) is 10.4. The highest BCUT2D eigenvalue weighted by atomic mass is 16.2. The SMILES string of the molecule is [2H]C([2H])([2H])NC(=O)c1cnc(NC(=O)C2CC2)cc1Nc1cccc2c1N(C)Cc1nn(C)c(=O)n1-2. The second-order valence-corrected chi connectivity index (χ2v) is 8.14. The Morgan fingerprint density at radius 2 is 2.03 bits per heavy atom. The van der Waals surface area contributed by atoms with Gasteiger partial charge in [0, 0.05) is 43.4 Å². The van der Waals surface area contributed by atoms with Gasteiger partial charge in [-0.2, -0.15) is 5.10 Å². The molecule has 0 radical (unpaired) electrons. The third kappa shape index (κ3) is 3.60. The van der Waals surface area contributed by atoms with Crippen molar-refractivity contribution in [3.05, 3.63) is 52.3 Å². The van der Waals surface area contributed by atoms with E-state index < -0.39 is 12.9 Å². The minimum Gasteiger partial charge on any atom is -0.364 e. The molecule has 33 heavy (non-hydrogen) atoms. The molecule has 2 amide bonds. The monoisotopic (exact) mass is 451 g/mol. The minimum absolute atomic E-state index is 0.0224. The van der Waals surface area contributed by atoms with Crippen LogP contribution in [0.25, 0.3) is 5.69 Å². The summed E-state index contributed by atoms with van der Waals surface area (Å²) in [6, 6.07) is 6.80. The van der Waals surface area contributed by atoms with Crippen LogP contribution in [0.3, 0.4) is 0 Å². The Morgan fingerprint density at radius 1 is 1.21 bits per heavy atom. The number of benzene rings is 1. The summed E-state index contributed by atoms with van der Waals surface area (Å²) in [5.41, 5.74) is 1.78. The van der Waals surface area contributed by atoms with Crippen LogP contribution in [0, 0.1) is 5.92 Å². The maximum Gasteiger partial charge on any atom is 0.350 e. The number of rotatable bonds is 5. The van der Waals surface area contributed by atoms with Crippen LogP contribution in [0.1, 0.15) is 33.1 Å². The van der Waals surface area contributed by atoms with Crippen molar-refractivity contribution in [1.82, 2.24) is 24.6 Å². The van der Waals surface area contributed by atoms with Crippen LogP contribution in [0.2, 0.25) is 0 Å². The smallest absolute Gasteiger partial charge is 0.350 e. The Bertz CT molecular complexity index is 1440. The van der Waals surface area contributed by atoms with Crippen molar-refractivity contribution in [3.8, 4) is 5.69 Å². The summed E-state index contributed by atoms with van der Waals surface area (Å²) in [5, 5.41) is 12.2. The maximum absolute atomic E-state index is 12.8. The highest BCUT2D eigenvalue weighted by Crippen LogP contribution is 2.38. The molecule has 0 unspecified atom stereocenters. The zero-order valence-corrected chi connectivity index (χ0v) is 18.0. The van der Waals surface area contributed by atoms with Gasteiger partial charge in [-0.1, -0.05) is 6.07 Å². The van der Waals surface area contributed by atoms with Gasteiger partial charge in [0.25, 0.3) is 5.91 Å². The third-order valence-corrected chi connectivity index (χ3v) is 5.74. The number of fused-ring (bicyclic) bond motifs is 3. The molecule has 0 bridgehead atoms. The van der Waals surface area contributed by atoms with Crippen molar-refractivity contribution in [3.63, 3.8) is 0 Å². The lowest BCUT2D eigenvalue weighted by Gasteiger charge is -2.30. The molecule has 5 rings (SSSR count). The number of amides is 2. The molecule has 11 nitrogen and oxygen atoms in total. The highest BCUT2D eigenvalue weighted by Gasteiger charge is 2.30. The Hall–Kier alpha value is -4.15. The molecule has 1 aliphatic carbocycles. The fourth-order valence-corrected chi connectivity index (χ4v) is 3.96. The average molecular weight is 452 g/mol. The molecule has 1 aliphatic heterocycles. The van der Waals surface area contributed by atoms with Gasteiger partial charge in [0.05, 0.1) is 34.9 Å². The first-order chi connectivity index (χ1) is 17.0. The number of aromatic nitrogens is 4. The van der Waals surface area contributed by atoms with E-state index in [1.165, 1.54) is 21.5 Å². The van der Waals surface area contributed by atoms with Crippen molar-refractivity contribution in [2.75, 3.05) is 29.6 Å². The highest BCUT2D eigenvalue weighted by molar-refractivity contribution is 6.02. The van der Waals surface area contributed by atoms with Gasteiger partial charge in [0.15, 0.2) is 5.82 Å². The van der Waals surface area contributed by atoms with Crippen molar-refractivity contribution < 1.29 is 13.7 Å². The lowest BCUT2D eigenvalue weighted by Crippen LogP contribution is -2.31. The van der Waals surface area contributed by atoms with Gasteiger partial charge in [0.1, 0.15) is 5.82 Å². The molecular weight excluding hydrogens is 424 g/mol. The Kier molecular flexibility index (Phi) is 4.10. The molecule has 2 aromatic heterocycles. The predicted molar refractivity (Wildman–Crippen MR) is 123 cm³/mol. The fraction of sp³-hybridized carbons (Fsp3) is 0.318. The second-order valence-electron chi connectivity index (χ2n) is 8.14. The number of carbonyl (C=O) groups excluding carboxylic acids is 2. The van der Waals surface area contributed by atoms with Gasteiger partial charge in [0.2, 0.25) is 5.91 Å². The van der Waals surface area contributed by atoms with Crippen molar-refractivity contribution >= 4 is 34.7 Å². The topological polar surface area (TPSA) is 126 Å². The molecule has 3 heterocycles. The van der Waals surface area contributed by atoms with Crippen molar-refractivity contribution in [1.29, 1.82) is 0 Å². The van der Waals surface area contributed by atoms with E-state index >= 15 is 0 Å². The van der Waals surface area contributed by atoms with E-state index in [4.69, 9.17) is 4.11 Å². The average Bonchev–Trinajstić information content (AvgIpc) is 3.59. The third-order valence-electron chi connectivity index (χ3n) is 5.74. The molecule has 0 saturated heterocycles. The Morgan fingerprint density at radius 3 is 2.79 bits per heavy atom. The lowest BCUT2D eigenvalue weighted by atomic mass is 10.1. The largest absolute Gasteiger partial charge is 0.364 e. The fourth-order valence-electron chi connectivity index (χ4n) is 3.96. The molecule has 3 aromatic rings. The van der Waals surface area contributed by atoms with Gasteiger partial charge in [-0.15, -0.1) is 0 Å². The van der Waals surface area contributed by atoms with Crippen molar-refractivity contribution in [2.45, 2.75) is 19.4 Å². The standard InChI is InChI=1S/C22H24N8O3/c1-23-21(32)13-10-24-17(26-20(31)12-7-8-12)9-15(13)25-14-5-4-6-16-19(14)28(2)11-18-27-29(3)22(33)30(16)18/h4-6,9-10,12H,7-8,11H2,1-3H3,(H,23,32)(H2,24,25,26,31)/i1D3. The number of carbonyl (C=O) groups is 2. The summed E-state index contributed by atoms with van der Waals surface area (Å²) in [4.78, 5) is 43.8. The molecule has 0 spiro atoms. The summed E-state index contributed by atoms with van der Waals surface area (Å²) < 4.78 is 25.0. The summed E-state index contributed by atoms with van der Waals surface area (Å²) in [6.07, 6.45) is 2.84. The molecule has 0 atom stereocenters. The number of aryl methyl sites for hydroxylation is 1. The number of anilines is 4. The first-order valence-electron chi connectivity index (χ1n) is 11.9. The van der Waals surface area contributed by atoms with Crippen LogP contribution >= 0.6 is 0 Å². The predicted octanol–water partition coefficient (Wildman–Crippen LogP) is 1.37. The van der Waals surface area contributed by atoms with E-state index in [2.05, 4.69) is 20.7 Å². The molecule has 170 valence electrons. The summed E-state index contributed by atoms with van der Waals surface area (Å²) in [5.74, 6) is -0.254. The first kappa shape index (κ1) is 17.4. The molecule has 1 saturated carbocycles. The number of hydrogen-bond donors (Lipinski definition) is 3. The van der Waals surface area contributed by atoms with Crippen LogP contribution in [-0.4, -0.2) is 45.2 Å². The van der Waals surface area contributed by atoms with E-state index in [0.717, 1.165) is 12.8 Å². The van der Waals surface area contributed by atoms with Crippen LogP contribution < -0.4 is 26.5 Å². The number of nitrogens with one attached hydrogen (secondary N) is 3. The Balaban J connectivity index is 1.57. The van der Waals surface area contributed by atoms with Gasteiger partial charge >= 0.3 is 5.69 Å². The maximum atomic E-state index is 12.8. The quantitative estimate of drug-likeness (QED) is 0.535. The molecule has 3 N–H and O–H groups in total. The lowest BCUT2D eigenvalue weighted by molar-refractivity contribution is -0.117. The molecular formula is C22H24N8O3. The van der Waals surface area contributed by atoms with E-state index in [1.807, 2.05) is 17.3 Å². The van der Waals surface area contributed by atoms with Crippen LogP contribution in [-0.2, 0) is 18.4 Å². The summed E-state index contributed by atoms with van der Waals surface area (Å²) in [6.45, 7) is -2.33. The summed E-state index contributed by atoms with van der Waals surface area (Å²) in [7, 11) is 3.43.